The second kappa shape index (κ2) is 5.45. The summed E-state index contributed by atoms with van der Waals surface area (Å²) in [6.45, 7) is 2.02. The molecule has 4 saturated carbocycles. The second-order valence-electron chi connectivity index (χ2n) is 8.03. The maximum atomic E-state index is 12.7. The monoisotopic (exact) mass is 323 g/mol. The molecule has 1 N–H and O–H groups in total. The number of aliphatic hydroxyl groups is 1. The molecule has 6 heteroatoms. The summed E-state index contributed by atoms with van der Waals surface area (Å²) in [5.74, 6) is 0.448. The van der Waals surface area contributed by atoms with E-state index in [0.29, 0.717) is 44.6 Å². The number of ether oxygens (including phenoxy) is 2. The molecule has 5 aliphatic rings. The molecule has 1 aliphatic heterocycles. The number of carbonyl (C=O) groups excluding carboxylic acids is 2. The summed E-state index contributed by atoms with van der Waals surface area (Å²) < 4.78 is 10.6. The molecular formula is C17H25NO5. The van der Waals surface area contributed by atoms with Gasteiger partial charge in [0.05, 0.1) is 24.2 Å². The largest absolute Gasteiger partial charge is 0.455 e. The van der Waals surface area contributed by atoms with E-state index in [4.69, 9.17) is 9.47 Å². The Labute approximate surface area is 136 Å². The molecule has 128 valence electrons. The maximum Gasteiger partial charge on any atom is 0.312 e. The molecule has 0 aromatic carbocycles. The van der Waals surface area contributed by atoms with Gasteiger partial charge in [-0.2, -0.15) is 0 Å². The Hall–Kier alpha value is -1.14. The lowest BCUT2D eigenvalue weighted by Crippen LogP contribution is -2.58. The molecular weight excluding hydrogens is 298 g/mol. The van der Waals surface area contributed by atoms with E-state index in [9.17, 15) is 14.7 Å². The Kier molecular flexibility index (Phi) is 3.65. The minimum Gasteiger partial charge on any atom is -0.455 e. The number of hydrogen-bond acceptors (Lipinski definition) is 5. The molecule has 4 bridgehead atoms. The molecule has 2 atom stereocenters. The Balaban J connectivity index is 1.38. The van der Waals surface area contributed by atoms with Crippen molar-refractivity contribution in [2.24, 2.45) is 17.3 Å². The zero-order chi connectivity index (χ0) is 16.1. The Bertz CT molecular complexity index is 499. The van der Waals surface area contributed by atoms with Crippen molar-refractivity contribution < 1.29 is 24.2 Å². The van der Waals surface area contributed by atoms with E-state index >= 15 is 0 Å². The molecule has 0 unspecified atom stereocenters. The van der Waals surface area contributed by atoms with Crippen molar-refractivity contribution >= 4 is 11.9 Å². The topological polar surface area (TPSA) is 76.1 Å². The van der Waals surface area contributed by atoms with E-state index in [-0.39, 0.29) is 18.5 Å². The standard InChI is InChI=1S/C17H25NO5/c19-14(18-1-3-22-4-2-18)10-23-15(20)16-6-12-5-13(7-16)9-17(21,8-12)11-16/h12-13,21H,1-11H2/t12-,13-,16?,17?/m1/s1. The van der Waals surface area contributed by atoms with Crippen LogP contribution in [0.5, 0.6) is 0 Å². The van der Waals surface area contributed by atoms with Crippen molar-refractivity contribution in [1.82, 2.24) is 4.90 Å². The molecule has 1 amide bonds. The van der Waals surface area contributed by atoms with Crippen LogP contribution in [0.1, 0.15) is 38.5 Å². The van der Waals surface area contributed by atoms with Gasteiger partial charge in [0.25, 0.3) is 5.91 Å². The third kappa shape index (κ3) is 2.76. The average molecular weight is 323 g/mol. The summed E-state index contributed by atoms with van der Waals surface area (Å²) in [6, 6.07) is 0. The number of amides is 1. The summed E-state index contributed by atoms with van der Waals surface area (Å²) >= 11 is 0. The SMILES string of the molecule is O=C(COC(=O)C12C[C@H]3C[C@@H](CC(O)(C3)C1)C2)N1CCOCC1. The molecule has 0 aromatic heterocycles. The molecule has 0 spiro atoms. The van der Waals surface area contributed by atoms with Crippen LogP contribution in [0.25, 0.3) is 0 Å². The van der Waals surface area contributed by atoms with E-state index < -0.39 is 11.0 Å². The van der Waals surface area contributed by atoms with E-state index in [0.717, 1.165) is 32.1 Å². The number of rotatable bonds is 3. The Morgan fingerprint density at radius 1 is 1.13 bits per heavy atom. The molecule has 5 rings (SSSR count). The molecule has 23 heavy (non-hydrogen) atoms. The van der Waals surface area contributed by atoms with Gasteiger partial charge in [0.1, 0.15) is 0 Å². The molecule has 0 aromatic rings. The van der Waals surface area contributed by atoms with E-state index in [1.807, 2.05) is 0 Å². The maximum absolute atomic E-state index is 12.7. The second-order valence-corrected chi connectivity index (χ2v) is 8.03. The minimum absolute atomic E-state index is 0.148. The average Bonchev–Trinajstić information content (AvgIpc) is 2.50. The number of nitrogens with zero attached hydrogens (tertiary/aromatic N) is 1. The highest BCUT2D eigenvalue weighted by molar-refractivity contribution is 5.83. The summed E-state index contributed by atoms with van der Waals surface area (Å²) in [5, 5.41) is 10.7. The lowest BCUT2D eigenvalue weighted by atomic mass is 9.48. The van der Waals surface area contributed by atoms with Crippen molar-refractivity contribution in [2.75, 3.05) is 32.9 Å². The van der Waals surface area contributed by atoms with Gasteiger partial charge in [0.15, 0.2) is 6.61 Å². The van der Waals surface area contributed by atoms with Gasteiger partial charge in [-0.05, 0) is 50.4 Å². The predicted octanol–water partition coefficient (Wildman–Crippen LogP) is 0.720. The number of hydrogen-bond donors (Lipinski definition) is 1. The van der Waals surface area contributed by atoms with Crippen molar-refractivity contribution in [3.05, 3.63) is 0 Å². The first-order valence-corrected chi connectivity index (χ1v) is 8.73. The van der Waals surface area contributed by atoms with Crippen molar-refractivity contribution in [3.8, 4) is 0 Å². The highest BCUT2D eigenvalue weighted by Crippen LogP contribution is 2.61. The van der Waals surface area contributed by atoms with Crippen molar-refractivity contribution in [1.29, 1.82) is 0 Å². The van der Waals surface area contributed by atoms with E-state index in [1.165, 1.54) is 0 Å². The van der Waals surface area contributed by atoms with Gasteiger partial charge in [-0.25, -0.2) is 0 Å². The molecule has 1 saturated heterocycles. The van der Waals surface area contributed by atoms with Crippen LogP contribution in [0.4, 0.5) is 0 Å². The highest BCUT2D eigenvalue weighted by Gasteiger charge is 2.60. The first-order chi connectivity index (χ1) is 11.0. The third-order valence-electron chi connectivity index (χ3n) is 6.15. The zero-order valence-corrected chi connectivity index (χ0v) is 13.5. The number of morpholine rings is 1. The van der Waals surface area contributed by atoms with Crippen LogP contribution < -0.4 is 0 Å². The first-order valence-electron chi connectivity index (χ1n) is 8.73. The van der Waals surface area contributed by atoms with Crippen LogP contribution >= 0.6 is 0 Å². The summed E-state index contributed by atoms with van der Waals surface area (Å²) in [5.41, 5.74) is -1.23. The van der Waals surface area contributed by atoms with Crippen LogP contribution in [0.2, 0.25) is 0 Å². The van der Waals surface area contributed by atoms with Crippen molar-refractivity contribution in [2.45, 2.75) is 44.1 Å². The molecule has 1 heterocycles. The lowest BCUT2D eigenvalue weighted by Gasteiger charge is -2.58. The summed E-state index contributed by atoms with van der Waals surface area (Å²) in [7, 11) is 0. The zero-order valence-electron chi connectivity index (χ0n) is 13.5. The van der Waals surface area contributed by atoms with Gasteiger partial charge >= 0.3 is 5.97 Å². The fourth-order valence-electron chi connectivity index (χ4n) is 5.64. The van der Waals surface area contributed by atoms with Crippen LogP contribution in [-0.4, -0.2) is 60.4 Å². The smallest absolute Gasteiger partial charge is 0.312 e. The van der Waals surface area contributed by atoms with Gasteiger partial charge in [-0.1, -0.05) is 0 Å². The lowest BCUT2D eigenvalue weighted by molar-refractivity contribution is -0.197. The number of carbonyl (C=O) groups is 2. The molecule has 0 radical (unpaired) electrons. The fourth-order valence-corrected chi connectivity index (χ4v) is 5.64. The first kappa shape index (κ1) is 15.4. The van der Waals surface area contributed by atoms with E-state index in [1.54, 1.807) is 4.90 Å². The minimum atomic E-state index is -0.683. The van der Waals surface area contributed by atoms with Gasteiger partial charge in [0.2, 0.25) is 0 Å². The van der Waals surface area contributed by atoms with Crippen molar-refractivity contribution in [3.63, 3.8) is 0 Å². The van der Waals surface area contributed by atoms with Crippen LogP contribution in [0, 0.1) is 17.3 Å². The molecule has 5 fully saturated rings. The molecule has 4 aliphatic carbocycles. The van der Waals surface area contributed by atoms with Crippen LogP contribution in [0.3, 0.4) is 0 Å². The van der Waals surface area contributed by atoms with Gasteiger partial charge in [0, 0.05) is 13.1 Å². The Morgan fingerprint density at radius 3 is 2.39 bits per heavy atom. The third-order valence-corrected chi connectivity index (χ3v) is 6.15. The summed E-state index contributed by atoms with van der Waals surface area (Å²) in [6.07, 6.45) is 4.92. The fraction of sp³-hybridized carbons (Fsp3) is 0.882. The Morgan fingerprint density at radius 2 is 1.78 bits per heavy atom. The quantitative estimate of drug-likeness (QED) is 0.775. The predicted molar refractivity (Wildman–Crippen MR) is 80.4 cm³/mol. The van der Waals surface area contributed by atoms with E-state index in [2.05, 4.69) is 0 Å². The number of esters is 1. The molecule has 6 nitrogen and oxygen atoms in total. The summed E-state index contributed by atoms with van der Waals surface area (Å²) in [4.78, 5) is 26.5. The van der Waals surface area contributed by atoms with Crippen LogP contribution in [0.15, 0.2) is 0 Å². The normalized spacial score (nSPS) is 41.9. The van der Waals surface area contributed by atoms with Gasteiger partial charge in [-0.15, -0.1) is 0 Å². The van der Waals surface area contributed by atoms with Crippen LogP contribution in [-0.2, 0) is 19.1 Å². The van der Waals surface area contributed by atoms with Gasteiger partial charge in [-0.3, -0.25) is 9.59 Å². The highest BCUT2D eigenvalue weighted by atomic mass is 16.5. The van der Waals surface area contributed by atoms with Gasteiger partial charge < -0.3 is 19.5 Å².